The molecule has 0 aromatic rings. The summed E-state index contributed by atoms with van der Waals surface area (Å²) >= 11 is 0.107. The van der Waals surface area contributed by atoms with Crippen molar-refractivity contribution in [2.24, 2.45) is 11.3 Å². The van der Waals surface area contributed by atoms with Gasteiger partial charge in [-0.25, -0.2) is 0 Å². The molecule has 124 valence electrons. The first-order valence-electron chi connectivity index (χ1n) is 7.71. The van der Waals surface area contributed by atoms with Gasteiger partial charge in [-0.1, -0.05) is 20.8 Å². The zero-order valence-corrected chi connectivity index (χ0v) is 14.2. The first-order chi connectivity index (χ1) is 9.52. The maximum atomic E-state index is 12.4. The number of thioether (sulfide) groups is 1. The molecule has 0 spiro atoms. The van der Waals surface area contributed by atoms with E-state index in [2.05, 4.69) is 37.9 Å². The predicted molar refractivity (Wildman–Crippen MR) is 82.5 cm³/mol. The second-order valence-corrected chi connectivity index (χ2v) is 8.83. The topological polar surface area (TPSA) is 15.3 Å². The Balaban J connectivity index is 1.99. The molecule has 2 nitrogen and oxygen atoms in total. The van der Waals surface area contributed by atoms with Crippen LogP contribution in [0.4, 0.5) is 13.2 Å². The molecule has 1 saturated carbocycles. The molecule has 2 rings (SSSR count). The number of nitrogens with one attached hydrogen (secondary N) is 1. The summed E-state index contributed by atoms with van der Waals surface area (Å²) < 4.78 is 37.1. The van der Waals surface area contributed by atoms with Crippen molar-refractivity contribution in [2.75, 3.05) is 25.4 Å². The number of hydrogen-bond acceptors (Lipinski definition) is 3. The fraction of sp³-hybridized carbons (Fsp3) is 1.00. The molecule has 0 amide bonds. The largest absolute Gasteiger partial charge is 0.441 e. The zero-order valence-electron chi connectivity index (χ0n) is 13.4. The summed E-state index contributed by atoms with van der Waals surface area (Å²) in [6.07, 6.45) is 2.42. The Hall–Kier alpha value is 0.0600. The van der Waals surface area contributed by atoms with E-state index in [9.17, 15) is 13.2 Å². The van der Waals surface area contributed by atoms with Gasteiger partial charge in [-0.05, 0) is 42.9 Å². The van der Waals surface area contributed by atoms with E-state index in [4.69, 9.17) is 0 Å². The van der Waals surface area contributed by atoms with Crippen LogP contribution in [0.1, 0.15) is 40.5 Å². The first kappa shape index (κ1) is 17.4. The third-order valence-electron chi connectivity index (χ3n) is 4.96. The van der Waals surface area contributed by atoms with E-state index in [1.807, 2.05) is 0 Å². The van der Waals surface area contributed by atoms with Crippen molar-refractivity contribution < 1.29 is 13.2 Å². The zero-order chi connectivity index (χ0) is 15.9. The number of nitrogens with zero attached hydrogens (tertiary/aromatic N) is 1. The highest BCUT2D eigenvalue weighted by Gasteiger charge is 2.49. The van der Waals surface area contributed by atoms with Gasteiger partial charge in [0.1, 0.15) is 0 Å². The average molecular weight is 324 g/mol. The Morgan fingerprint density at radius 1 is 1.24 bits per heavy atom. The molecule has 21 heavy (non-hydrogen) atoms. The van der Waals surface area contributed by atoms with Crippen LogP contribution in [0.25, 0.3) is 0 Å². The molecule has 2 unspecified atom stereocenters. The monoisotopic (exact) mass is 324 g/mol. The quantitative estimate of drug-likeness (QED) is 0.848. The van der Waals surface area contributed by atoms with E-state index < -0.39 is 5.51 Å². The first-order valence-corrected chi connectivity index (χ1v) is 8.70. The van der Waals surface area contributed by atoms with Crippen molar-refractivity contribution in [1.29, 1.82) is 0 Å². The van der Waals surface area contributed by atoms with Gasteiger partial charge in [0.05, 0.1) is 0 Å². The number of rotatable bonds is 4. The molecule has 2 atom stereocenters. The molecule has 0 aromatic heterocycles. The van der Waals surface area contributed by atoms with Crippen LogP contribution in [-0.4, -0.2) is 47.4 Å². The summed E-state index contributed by atoms with van der Waals surface area (Å²) in [4.78, 5) is 2.32. The van der Waals surface area contributed by atoms with Crippen LogP contribution in [0.15, 0.2) is 0 Å². The van der Waals surface area contributed by atoms with Crippen LogP contribution in [0.3, 0.4) is 0 Å². The van der Waals surface area contributed by atoms with Crippen LogP contribution < -0.4 is 5.32 Å². The molecule has 1 aliphatic carbocycles. The third-order valence-corrected chi connectivity index (χ3v) is 5.67. The smallest absolute Gasteiger partial charge is 0.310 e. The molecule has 1 N–H and O–H groups in total. The van der Waals surface area contributed by atoms with Gasteiger partial charge in [0.25, 0.3) is 0 Å². The van der Waals surface area contributed by atoms with Crippen LogP contribution >= 0.6 is 11.8 Å². The van der Waals surface area contributed by atoms with E-state index in [-0.39, 0.29) is 28.5 Å². The SMILES string of the molecule is CC(C)(C)C1CN(CCSC(F)(F)F)C(C)(C2CC2)CN1. The van der Waals surface area contributed by atoms with Crippen LogP contribution in [0.2, 0.25) is 0 Å². The Bertz CT molecular complexity index is 363. The minimum atomic E-state index is -4.12. The normalized spacial score (nSPS) is 32.4. The van der Waals surface area contributed by atoms with Crippen LogP contribution in [0, 0.1) is 11.3 Å². The van der Waals surface area contributed by atoms with Gasteiger partial charge in [0.15, 0.2) is 0 Å². The van der Waals surface area contributed by atoms with E-state index in [1.165, 1.54) is 12.8 Å². The Morgan fingerprint density at radius 3 is 2.33 bits per heavy atom. The van der Waals surface area contributed by atoms with E-state index >= 15 is 0 Å². The maximum Gasteiger partial charge on any atom is 0.441 e. The molecule has 0 bridgehead atoms. The Morgan fingerprint density at radius 2 is 1.86 bits per heavy atom. The van der Waals surface area contributed by atoms with Gasteiger partial charge in [0.2, 0.25) is 0 Å². The van der Waals surface area contributed by atoms with Crippen molar-refractivity contribution >= 4 is 11.8 Å². The Kier molecular flexibility index (Phi) is 4.92. The number of halogens is 3. The highest BCUT2D eigenvalue weighted by Crippen LogP contribution is 2.45. The number of alkyl halides is 3. The van der Waals surface area contributed by atoms with Gasteiger partial charge in [-0.3, -0.25) is 4.90 Å². The van der Waals surface area contributed by atoms with Crippen molar-refractivity contribution in [1.82, 2.24) is 10.2 Å². The second-order valence-electron chi connectivity index (χ2n) is 7.67. The lowest BCUT2D eigenvalue weighted by Gasteiger charge is -2.51. The predicted octanol–water partition coefficient (Wildman–Crippen LogP) is 3.73. The summed E-state index contributed by atoms with van der Waals surface area (Å²) in [5, 5.41) is 3.64. The summed E-state index contributed by atoms with van der Waals surface area (Å²) in [5.74, 6) is 0.768. The van der Waals surface area contributed by atoms with E-state index in [0.29, 0.717) is 18.5 Å². The number of hydrogen-bond donors (Lipinski definition) is 1. The third kappa shape index (κ3) is 4.52. The molecular formula is C15H27F3N2S. The fourth-order valence-electron chi connectivity index (χ4n) is 3.24. The lowest BCUT2D eigenvalue weighted by Crippen LogP contribution is -2.67. The average Bonchev–Trinajstić information content (AvgIpc) is 3.12. The molecule has 2 aliphatic rings. The minimum Gasteiger partial charge on any atom is -0.310 e. The summed E-state index contributed by atoms with van der Waals surface area (Å²) in [7, 11) is 0. The molecular weight excluding hydrogens is 297 g/mol. The van der Waals surface area contributed by atoms with E-state index in [1.54, 1.807) is 0 Å². The molecule has 0 aromatic carbocycles. The van der Waals surface area contributed by atoms with Gasteiger partial charge >= 0.3 is 5.51 Å². The van der Waals surface area contributed by atoms with Crippen molar-refractivity contribution in [3.63, 3.8) is 0 Å². The summed E-state index contributed by atoms with van der Waals surface area (Å²) in [6, 6.07) is 0.334. The summed E-state index contributed by atoms with van der Waals surface area (Å²) in [5.41, 5.74) is -3.97. The lowest BCUT2D eigenvalue weighted by atomic mass is 9.81. The van der Waals surface area contributed by atoms with Gasteiger partial charge in [0, 0.05) is 37.0 Å². The van der Waals surface area contributed by atoms with Crippen molar-refractivity contribution in [2.45, 2.75) is 57.6 Å². The molecule has 0 radical (unpaired) electrons. The standard InChI is InChI=1S/C15H27F3N2S/c1-13(2,3)12-9-20(7-8-21-15(16,17)18)14(4,10-19-12)11-5-6-11/h11-12,19H,5-10H2,1-4H3. The molecule has 2 fully saturated rings. The highest BCUT2D eigenvalue weighted by molar-refractivity contribution is 8.00. The molecule has 6 heteroatoms. The van der Waals surface area contributed by atoms with Crippen LogP contribution in [0.5, 0.6) is 0 Å². The number of piperazine rings is 1. The lowest BCUT2D eigenvalue weighted by molar-refractivity contribution is -0.0334. The maximum absolute atomic E-state index is 12.4. The van der Waals surface area contributed by atoms with Crippen LogP contribution in [-0.2, 0) is 0 Å². The second kappa shape index (κ2) is 5.93. The fourth-order valence-corrected chi connectivity index (χ4v) is 3.78. The Labute approximate surface area is 130 Å². The minimum absolute atomic E-state index is 0.0217. The van der Waals surface area contributed by atoms with E-state index in [0.717, 1.165) is 13.1 Å². The molecule has 1 heterocycles. The van der Waals surface area contributed by atoms with Gasteiger partial charge in [-0.2, -0.15) is 13.2 Å². The highest BCUT2D eigenvalue weighted by atomic mass is 32.2. The van der Waals surface area contributed by atoms with Gasteiger partial charge < -0.3 is 5.32 Å². The molecule has 1 aliphatic heterocycles. The van der Waals surface area contributed by atoms with Crippen molar-refractivity contribution in [3.8, 4) is 0 Å². The van der Waals surface area contributed by atoms with Crippen molar-refractivity contribution in [3.05, 3.63) is 0 Å². The molecule has 1 saturated heterocycles. The summed E-state index contributed by atoms with van der Waals surface area (Å²) in [6.45, 7) is 11.0. The van der Waals surface area contributed by atoms with Gasteiger partial charge in [-0.15, -0.1) is 0 Å².